The first-order chi connectivity index (χ1) is 16.3. The molecule has 0 fully saturated rings. The number of carbonyl (C=O) groups excluding carboxylic acids is 2. The first-order valence-electron chi connectivity index (χ1n) is 11.7. The Hall–Kier alpha value is -3.60. The number of nitrogens with zero attached hydrogens (tertiary/aromatic N) is 1. The third-order valence-corrected chi connectivity index (χ3v) is 5.49. The molecular weight excluding hydrogens is 424 g/mol. The van der Waals surface area contributed by atoms with E-state index in [9.17, 15) is 9.59 Å². The van der Waals surface area contributed by atoms with Gasteiger partial charge < -0.3 is 15.0 Å². The van der Waals surface area contributed by atoms with Crippen LogP contribution in [-0.2, 0) is 22.6 Å². The molecule has 0 aliphatic rings. The van der Waals surface area contributed by atoms with Crippen LogP contribution in [0.4, 0.5) is 0 Å². The molecule has 0 aliphatic carbocycles. The van der Waals surface area contributed by atoms with Crippen molar-refractivity contribution >= 4 is 11.8 Å². The van der Waals surface area contributed by atoms with Crippen LogP contribution in [0.15, 0.2) is 78.9 Å². The van der Waals surface area contributed by atoms with Crippen LogP contribution < -0.4 is 10.1 Å². The van der Waals surface area contributed by atoms with Gasteiger partial charge in [0.25, 0.3) is 5.91 Å². The highest BCUT2D eigenvalue weighted by molar-refractivity contribution is 5.88. The summed E-state index contributed by atoms with van der Waals surface area (Å²) in [7, 11) is 0. The molecular formula is C29H34N2O3. The first-order valence-corrected chi connectivity index (χ1v) is 11.7. The van der Waals surface area contributed by atoms with E-state index in [0.717, 1.165) is 22.3 Å². The third-order valence-electron chi connectivity index (χ3n) is 5.49. The number of aryl methyl sites for hydroxylation is 2. The van der Waals surface area contributed by atoms with Gasteiger partial charge in [0.2, 0.25) is 5.91 Å². The van der Waals surface area contributed by atoms with Gasteiger partial charge in [0, 0.05) is 19.0 Å². The van der Waals surface area contributed by atoms with Crippen molar-refractivity contribution in [3.63, 3.8) is 0 Å². The second-order valence-corrected chi connectivity index (χ2v) is 8.98. The average Bonchev–Trinajstić information content (AvgIpc) is 2.80. The molecule has 0 bridgehead atoms. The van der Waals surface area contributed by atoms with Gasteiger partial charge in [-0.15, -0.1) is 0 Å². The van der Waals surface area contributed by atoms with Crippen LogP contribution >= 0.6 is 0 Å². The fourth-order valence-electron chi connectivity index (χ4n) is 3.87. The van der Waals surface area contributed by atoms with Gasteiger partial charge in [-0.1, -0.05) is 72.3 Å². The highest BCUT2D eigenvalue weighted by Crippen LogP contribution is 2.17. The Kier molecular flexibility index (Phi) is 8.86. The monoisotopic (exact) mass is 458 g/mol. The summed E-state index contributed by atoms with van der Waals surface area (Å²) in [6.45, 7) is 8.01. The van der Waals surface area contributed by atoms with Crippen molar-refractivity contribution in [2.45, 2.75) is 52.7 Å². The zero-order valence-corrected chi connectivity index (χ0v) is 20.5. The van der Waals surface area contributed by atoms with Crippen molar-refractivity contribution in [2.75, 3.05) is 6.61 Å². The molecule has 0 aromatic heterocycles. The summed E-state index contributed by atoms with van der Waals surface area (Å²) in [5, 5.41) is 3.00. The number of rotatable bonds is 10. The summed E-state index contributed by atoms with van der Waals surface area (Å²) >= 11 is 0. The summed E-state index contributed by atoms with van der Waals surface area (Å²) in [5.41, 5.74) is 4.12. The Balaban J connectivity index is 1.91. The van der Waals surface area contributed by atoms with Crippen LogP contribution in [0.5, 0.6) is 5.75 Å². The summed E-state index contributed by atoms with van der Waals surface area (Å²) in [6, 6.07) is 24.7. The van der Waals surface area contributed by atoms with E-state index < -0.39 is 6.04 Å². The molecule has 5 nitrogen and oxygen atoms in total. The number of hydrogen-bond donors (Lipinski definition) is 1. The maximum absolute atomic E-state index is 13.5. The van der Waals surface area contributed by atoms with Gasteiger partial charge in [-0.05, 0) is 56.5 Å². The molecule has 3 aromatic carbocycles. The lowest BCUT2D eigenvalue weighted by atomic mass is 10.0. The maximum atomic E-state index is 13.5. The van der Waals surface area contributed by atoms with Gasteiger partial charge in [0.1, 0.15) is 11.8 Å². The van der Waals surface area contributed by atoms with E-state index in [1.54, 1.807) is 4.90 Å². The highest BCUT2D eigenvalue weighted by Gasteiger charge is 2.31. The summed E-state index contributed by atoms with van der Waals surface area (Å²) in [6.07, 6.45) is 0.418. The van der Waals surface area contributed by atoms with Gasteiger partial charge in [0.05, 0.1) is 0 Å². The van der Waals surface area contributed by atoms with Gasteiger partial charge in [-0.2, -0.15) is 0 Å². The minimum atomic E-state index is -0.668. The molecule has 0 aliphatic heterocycles. The molecule has 5 heteroatoms. The second kappa shape index (κ2) is 12.0. The molecule has 3 rings (SSSR count). The summed E-state index contributed by atoms with van der Waals surface area (Å²) in [4.78, 5) is 28.5. The van der Waals surface area contributed by atoms with E-state index in [1.165, 1.54) is 0 Å². The topological polar surface area (TPSA) is 58.6 Å². The zero-order valence-electron chi connectivity index (χ0n) is 20.5. The fraction of sp³-hybridized carbons (Fsp3) is 0.310. The van der Waals surface area contributed by atoms with Crippen LogP contribution in [-0.4, -0.2) is 35.4 Å². The Morgan fingerprint density at radius 1 is 0.853 bits per heavy atom. The van der Waals surface area contributed by atoms with Crippen molar-refractivity contribution in [2.24, 2.45) is 0 Å². The molecule has 0 unspecified atom stereocenters. The van der Waals surface area contributed by atoms with E-state index >= 15 is 0 Å². The normalized spacial score (nSPS) is 11.7. The molecule has 0 spiro atoms. The van der Waals surface area contributed by atoms with Crippen LogP contribution in [0.25, 0.3) is 0 Å². The van der Waals surface area contributed by atoms with Gasteiger partial charge >= 0.3 is 0 Å². The minimum Gasteiger partial charge on any atom is -0.484 e. The van der Waals surface area contributed by atoms with Crippen molar-refractivity contribution in [1.82, 2.24) is 10.2 Å². The van der Waals surface area contributed by atoms with Crippen molar-refractivity contribution in [3.05, 3.63) is 101 Å². The van der Waals surface area contributed by atoms with Crippen LogP contribution in [0.1, 0.15) is 36.1 Å². The molecule has 1 N–H and O–H groups in total. The van der Waals surface area contributed by atoms with E-state index in [-0.39, 0.29) is 24.5 Å². The molecule has 2 amide bonds. The maximum Gasteiger partial charge on any atom is 0.261 e. The number of ether oxygens (including phenoxy) is 1. The Morgan fingerprint density at radius 3 is 2.15 bits per heavy atom. The second-order valence-electron chi connectivity index (χ2n) is 8.98. The number of hydrogen-bond acceptors (Lipinski definition) is 3. The predicted molar refractivity (Wildman–Crippen MR) is 136 cm³/mol. The SMILES string of the molecule is Cc1cccc(CN(C(=O)COc2cccc(C)c2)[C@H](Cc2ccccc2)C(=O)NC(C)C)c1. The predicted octanol–water partition coefficient (Wildman–Crippen LogP) is 4.85. The lowest BCUT2D eigenvalue weighted by Crippen LogP contribution is -2.52. The molecule has 1 atom stereocenters. The molecule has 0 saturated heterocycles. The molecule has 34 heavy (non-hydrogen) atoms. The Bertz CT molecular complexity index is 1100. The first kappa shape index (κ1) is 25.0. The Labute approximate surface area is 202 Å². The van der Waals surface area contributed by atoms with Crippen LogP contribution in [0, 0.1) is 13.8 Å². The largest absolute Gasteiger partial charge is 0.484 e. The summed E-state index contributed by atoms with van der Waals surface area (Å²) < 4.78 is 5.83. The van der Waals surface area contributed by atoms with E-state index in [0.29, 0.717) is 18.7 Å². The number of carbonyl (C=O) groups is 2. The molecule has 178 valence electrons. The van der Waals surface area contributed by atoms with Gasteiger partial charge in [-0.3, -0.25) is 9.59 Å². The van der Waals surface area contributed by atoms with E-state index in [1.807, 2.05) is 107 Å². The molecule has 3 aromatic rings. The van der Waals surface area contributed by atoms with Gasteiger partial charge in [0.15, 0.2) is 6.61 Å². The summed E-state index contributed by atoms with van der Waals surface area (Å²) in [5.74, 6) is 0.230. The van der Waals surface area contributed by atoms with Crippen molar-refractivity contribution < 1.29 is 14.3 Å². The third kappa shape index (κ3) is 7.48. The lowest BCUT2D eigenvalue weighted by Gasteiger charge is -2.32. The van der Waals surface area contributed by atoms with Crippen LogP contribution in [0.2, 0.25) is 0 Å². The minimum absolute atomic E-state index is 0.0368. The molecule has 0 saturated carbocycles. The van der Waals surface area contributed by atoms with E-state index in [2.05, 4.69) is 5.32 Å². The van der Waals surface area contributed by atoms with Crippen LogP contribution in [0.3, 0.4) is 0 Å². The average molecular weight is 459 g/mol. The van der Waals surface area contributed by atoms with Gasteiger partial charge in [-0.25, -0.2) is 0 Å². The van der Waals surface area contributed by atoms with Crippen molar-refractivity contribution in [3.8, 4) is 5.75 Å². The fourth-order valence-corrected chi connectivity index (χ4v) is 3.87. The number of nitrogens with one attached hydrogen (secondary N) is 1. The zero-order chi connectivity index (χ0) is 24.5. The quantitative estimate of drug-likeness (QED) is 0.473. The number of benzene rings is 3. The lowest BCUT2D eigenvalue weighted by molar-refractivity contribution is -0.143. The van der Waals surface area contributed by atoms with E-state index in [4.69, 9.17) is 4.74 Å². The smallest absolute Gasteiger partial charge is 0.261 e. The standard InChI is InChI=1S/C29H34N2O3/c1-21(2)30-29(33)27(18-24-12-6-5-7-13-24)31(19-25-14-8-10-22(3)16-25)28(32)20-34-26-15-9-11-23(4)17-26/h5-17,21,27H,18-20H2,1-4H3,(H,30,33)/t27-/m1/s1. The molecule has 0 heterocycles. The molecule has 0 radical (unpaired) electrons. The van der Waals surface area contributed by atoms with Crippen molar-refractivity contribution in [1.29, 1.82) is 0 Å². The highest BCUT2D eigenvalue weighted by atomic mass is 16.5. The number of amides is 2. The Morgan fingerprint density at radius 2 is 1.50 bits per heavy atom.